The van der Waals surface area contributed by atoms with Gasteiger partial charge in [-0.25, -0.2) is 0 Å². The fraction of sp³-hybridized carbons (Fsp3) is 0.200. The van der Waals surface area contributed by atoms with Crippen molar-refractivity contribution in [3.05, 3.63) is 78.9 Å². The average molecular weight is 383 g/mol. The van der Waals surface area contributed by atoms with Gasteiger partial charge in [-0.1, -0.05) is 49.4 Å². The molecule has 5 rings (SSSR count). The number of amides is 2. The lowest BCUT2D eigenvalue weighted by Gasteiger charge is -2.22. The summed E-state index contributed by atoms with van der Waals surface area (Å²) in [6, 6.07) is 21.2. The molecule has 4 nitrogen and oxygen atoms in total. The standard InChI is InChI=1S/C25H21NO3/c1-16-5-4-8-22-23(16)25(28)26(24(22)27)19-10-13-20(14-11-19)29-21-12-9-17-6-2-3-7-18(17)15-21/h2-7,9-16,22-23H,8H2,1H3. The predicted molar refractivity (Wildman–Crippen MR) is 113 cm³/mol. The fourth-order valence-corrected chi connectivity index (χ4v) is 4.43. The SMILES string of the molecule is CC1C=CCC2C(=O)N(c3ccc(Oc4ccc5ccccc5c4)cc3)C(=O)C12. The second kappa shape index (κ2) is 6.89. The van der Waals surface area contributed by atoms with Crippen LogP contribution < -0.4 is 9.64 Å². The molecule has 0 aromatic heterocycles. The summed E-state index contributed by atoms with van der Waals surface area (Å²) in [5.41, 5.74) is 0.604. The number of carbonyl (C=O) groups is 2. The molecule has 2 amide bonds. The molecule has 3 aromatic rings. The first-order valence-electron chi connectivity index (χ1n) is 9.93. The van der Waals surface area contributed by atoms with Gasteiger partial charge >= 0.3 is 0 Å². The molecule has 1 aliphatic carbocycles. The number of imide groups is 1. The van der Waals surface area contributed by atoms with Crippen molar-refractivity contribution in [1.82, 2.24) is 0 Å². The van der Waals surface area contributed by atoms with E-state index in [9.17, 15) is 9.59 Å². The molecule has 0 radical (unpaired) electrons. The van der Waals surface area contributed by atoms with Gasteiger partial charge in [0.15, 0.2) is 0 Å². The molecular formula is C25H21NO3. The number of benzene rings is 3. The Morgan fingerprint density at radius 1 is 0.862 bits per heavy atom. The van der Waals surface area contributed by atoms with E-state index in [0.717, 1.165) is 16.5 Å². The van der Waals surface area contributed by atoms with Crippen molar-refractivity contribution < 1.29 is 14.3 Å². The van der Waals surface area contributed by atoms with Gasteiger partial charge in [0.05, 0.1) is 17.5 Å². The number of fused-ring (bicyclic) bond motifs is 2. The van der Waals surface area contributed by atoms with Crippen LogP contribution in [0, 0.1) is 17.8 Å². The average Bonchev–Trinajstić information content (AvgIpc) is 3.00. The maximum atomic E-state index is 12.9. The van der Waals surface area contributed by atoms with E-state index in [-0.39, 0.29) is 29.6 Å². The molecule has 1 aliphatic heterocycles. The van der Waals surface area contributed by atoms with E-state index in [1.54, 1.807) is 24.3 Å². The topological polar surface area (TPSA) is 46.6 Å². The fourth-order valence-electron chi connectivity index (χ4n) is 4.43. The van der Waals surface area contributed by atoms with Crippen LogP contribution in [-0.2, 0) is 9.59 Å². The highest BCUT2D eigenvalue weighted by atomic mass is 16.5. The molecule has 0 spiro atoms. The van der Waals surface area contributed by atoms with E-state index in [1.165, 1.54) is 4.90 Å². The molecule has 0 N–H and O–H groups in total. The zero-order valence-corrected chi connectivity index (χ0v) is 16.1. The first-order chi connectivity index (χ1) is 14.1. The highest BCUT2D eigenvalue weighted by Gasteiger charge is 2.50. The van der Waals surface area contributed by atoms with Crippen LogP contribution in [0.3, 0.4) is 0 Å². The van der Waals surface area contributed by atoms with Crippen molar-refractivity contribution in [2.45, 2.75) is 13.3 Å². The van der Waals surface area contributed by atoms with E-state index in [4.69, 9.17) is 4.74 Å². The smallest absolute Gasteiger partial charge is 0.238 e. The zero-order valence-electron chi connectivity index (χ0n) is 16.1. The number of allylic oxidation sites excluding steroid dienone is 2. The highest BCUT2D eigenvalue weighted by molar-refractivity contribution is 6.22. The monoisotopic (exact) mass is 383 g/mol. The minimum Gasteiger partial charge on any atom is -0.457 e. The van der Waals surface area contributed by atoms with Crippen LogP contribution in [0.15, 0.2) is 78.9 Å². The largest absolute Gasteiger partial charge is 0.457 e. The molecule has 29 heavy (non-hydrogen) atoms. The van der Waals surface area contributed by atoms with Crippen LogP contribution in [-0.4, -0.2) is 11.8 Å². The van der Waals surface area contributed by atoms with Crippen molar-refractivity contribution in [2.75, 3.05) is 4.90 Å². The summed E-state index contributed by atoms with van der Waals surface area (Å²) in [5.74, 6) is 0.813. The Labute approximate surface area is 169 Å². The second-order valence-corrected chi connectivity index (χ2v) is 7.77. The number of hydrogen-bond donors (Lipinski definition) is 0. The Morgan fingerprint density at radius 3 is 2.34 bits per heavy atom. The third kappa shape index (κ3) is 3.01. The van der Waals surface area contributed by atoms with E-state index in [1.807, 2.05) is 55.5 Å². The van der Waals surface area contributed by atoms with E-state index >= 15 is 0 Å². The molecule has 1 saturated heterocycles. The van der Waals surface area contributed by atoms with Crippen LogP contribution >= 0.6 is 0 Å². The van der Waals surface area contributed by atoms with Crippen LogP contribution in [0.4, 0.5) is 5.69 Å². The second-order valence-electron chi connectivity index (χ2n) is 7.77. The molecular weight excluding hydrogens is 362 g/mol. The quantitative estimate of drug-likeness (QED) is 0.453. The lowest BCUT2D eigenvalue weighted by Crippen LogP contribution is -2.31. The Balaban J connectivity index is 1.37. The van der Waals surface area contributed by atoms with Crippen molar-refractivity contribution in [3.8, 4) is 11.5 Å². The molecule has 3 atom stereocenters. The molecule has 0 saturated carbocycles. The Hall–Kier alpha value is -3.40. The van der Waals surface area contributed by atoms with Crippen molar-refractivity contribution >= 4 is 28.3 Å². The number of carbonyl (C=O) groups excluding carboxylic acids is 2. The van der Waals surface area contributed by atoms with Crippen molar-refractivity contribution in [1.29, 1.82) is 0 Å². The molecule has 0 bridgehead atoms. The first kappa shape index (κ1) is 17.7. The Bertz CT molecular complexity index is 1130. The van der Waals surface area contributed by atoms with Crippen LogP contribution in [0.1, 0.15) is 13.3 Å². The number of ether oxygens (including phenoxy) is 1. The van der Waals surface area contributed by atoms with E-state index < -0.39 is 0 Å². The summed E-state index contributed by atoms with van der Waals surface area (Å²) in [7, 11) is 0. The molecule has 144 valence electrons. The Kier molecular flexibility index (Phi) is 4.20. The number of hydrogen-bond acceptors (Lipinski definition) is 3. The van der Waals surface area contributed by atoms with Gasteiger partial charge < -0.3 is 4.74 Å². The molecule has 3 unspecified atom stereocenters. The van der Waals surface area contributed by atoms with Gasteiger partial charge in [-0.3, -0.25) is 14.5 Å². The first-order valence-corrected chi connectivity index (χ1v) is 9.93. The number of anilines is 1. The summed E-state index contributed by atoms with van der Waals surface area (Å²) in [4.78, 5) is 27.1. The van der Waals surface area contributed by atoms with Gasteiger partial charge in [-0.15, -0.1) is 0 Å². The summed E-state index contributed by atoms with van der Waals surface area (Å²) < 4.78 is 5.97. The lowest BCUT2D eigenvalue weighted by atomic mass is 9.78. The van der Waals surface area contributed by atoms with Gasteiger partial charge in [-0.2, -0.15) is 0 Å². The van der Waals surface area contributed by atoms with Crippen molar-refractivity contribution in [3.63, 3.8) is 0 Å². The van der Waals surface area contributed by atoms with Gasteiger partial charge in [0.25, 0.3) is 0 Å². The number of nitrogens with zero attached hydrogens (tertiary/aromatic N) is 1. The molecule has 2 aliphatic rings. The lowest BCUT2D eigenvalue weighted by molar-refractivity contribution is -0.122. The van der Waals surface area contributed by atoms with Gasteiger partial charge in [0.1, 0.15) is 11.5 Å². The molecule has 3 aromatic carbocycles. The summed E-state index contributed by atoms with van der Waals surface area (Å²) in [6.07, 6.45) is 4.69. The van der Waals surface area contributed by atoms with Crippen LogP contribution in [0.5, 0.6) is 11.5 Å². The minimum absolute atomic E-state index is 0.0886. The van der Waals surface area contributed by atoms with Crippen LogP contribution in [0.25, 0.3) is 10.8 Å². The van der Waals surface area contributed by atoms with Gasteiger partial charge in [-0.05, 0) is 59.5 Å². The predicted octanol–water partition coefficient (Wildman–Crippen LogP) is 5.33. The van der Waals surface area contributed by atoms with Gasteiger partial charge in [0, 0.05) is 0 Å². The summed E-state index contributed by atoms with van der Waals surface area (Å²) in [5, 5.41) is 2.27. The van der Waals surface area contributed by atoms with E-state index in [2.05, 4.69) is 6.07 Å². The normalized spacial score (nSPS) is 23.5. The highest BCUT2D eigenvalue weighted by Crippen LogP contribution is 2.40. The van der Waals surface area contributed by atoms with Gasteiger partial charge in [0.2, 0.25) is 11.8 Å². The zero-order chi connectivity index (χ0) is 20.0. The molecule has 1 fully saturated rings. The van der Waals surface area contributed by atoms with Crippen molar-refractivity contribution in [2.24, 2.45) is 17.8 Å². The summed E-state index contributed by atoms with van der Waals surface area (Å²) in [6.45, 7) is 2.00. The third-order valence-electron chi connectivity index (χ3n) is 5.92. The third-order valence-corrected chi connectivity index (χ3v) is 5.92. The summed E-state index contributed by atoms with van der Waals surface area (Å²) >= 11 is 0. The maximum absolute atomic E-state index is 12.9. The molecule has 1 heterocycles. The molecule has 4 heteroatoms. The maximum Gasteiger partial charge on any atom is 0.238 e. The number of rotatable bonds is 3. The minimum atomic E-state index is -0.249. The van der Waals surface area contributed by atoms with Crippen LogP contribution in [0.2, 0.25) is 0 Å². The van der Waals surface area contributed by atoms with E-state index in [0.29, 0.717) is 17.9 Å². The Morgan fingerprint density at radius 2 is 1.59 bits per heavy atom.